The number of amides is 1. The highest BCUT2D eigenvalue weighted by molar-refractivity contribution is 6.26. The molecular formula is C25H31NO2. The van der Waals surface area contributed by atoms with Crippen molar-refractivity contribution >= 4 is 17.2 Å². The highest BCUT2D eigenvalue weighted by Gasteiger charge is 2.29. The van der Waals surface area contributed by atoms with Crippen LogP contribution in [0.4, 0.5) is 0 Å². The molecule has 0 unspecified atom stereocenters. The number of benzene rings is 2. The van der Waals surface area contributed by atoms with Gasteiger partial charge in [-0.1, -0.05) is 35.4 Å². The predicted octanol–water partition coefficient (Wildman–Crippen LogP) is 5.59. The highest BCUT2D eigenvalue weighted by atomic mass is 16.3. The third-order valence-electron chi connectivity index (χ3n) is 5.68. The molecule has 1 aliphatic heterocycles. The molecule has 2 aromatic carbocycles. The van der Waals surface area contributed by atoms with E-state index in [2.05, 4.69) is 38.1 Å². The standard InChI is InChI=1S/C25H31NO2/c1-15-11-17(3)21(18(4)12-15)23(25(28)26-9-7-8-10-26)24(27)22-19(5)13-16(2)14-20(22)6/h11-14,27H,7-10H2,1-6H3/b24-23-. The molecule has 0 bridgehead atoms. The first-order valence-electron chi connectivity index (χ1n) is 10.1. The Balaban J connectivity index is 2.31. The number of carbonyl (C=O) groups excluding carboxylic acids is 1. The van der Waals surface area contributed by atoms with Gasteiger partial charge >= 0.3 is 0 Å². The van der Waals surface area contributed by atoms with E-state index in [-0.39, 0.29) is 11.7 Å². The molecule has 0 atom stereocenters. The van der Waals surface area contributed by atoms with Crippen LogP contribution in [0.1, 0.15) is 57.3 Å². The molecule has 28 heavy (non-hydrogen) atoms. The van der Waals surface area contributed by atoms with E-state index >= 15 is 0 Å². The molecular weight excluding hydrogens is 346 g/mol. The zero-order valence-corrected chi connectivity index (χ0v) is 17.9. The highest BCUT2D eigenvalue weighted by Crippen LogP contribution is 2.35. The lowest BCUT2D eigenvalue weighted by molar-refractivity contribution is -0.124. The monoisotopic (exact) mass is 377 g/mol. The van der Waals surface area contributed by atoms with Crippen molar-refractivity contribution in [1.29, 1.82) is 0 Å². The molecule has 1 aliphatic rings. The first-order chi connectivity index (χ1) is 13.2. The van der Waals surface area contributed by atoms with Crippen molar-refractivity contribution in [2.24, 2.45) is 0 Å². The second-order valence-corrected chi connectivity index (χ2v) is 8.27. The zero-order chi connectivity index (χ0) is 20.6. The normalized spacial score (nSPS) is 15.0. The van der Waals surface area contributed by atoms with Gasteiger partial charge in [0, 0.05) is 18.7 Å². The van der Waals surface area contributed by atoms with Crippen LogP contribution in [0.3, 0.4) is 0 Å². The Morgan fingerprint density at radius 2 is 1.14 bits per heavy atom. The smallest absolute Gasteiger partial charge is 0.258 e. The maximum absolute atomic E-state index is 13.5. The molecule has 0 saturated carbocycles. The van der Waals surface area contributed by atoms with Crippen LogP contribution < -0.4 is 0 Å². The largest absolute Gasteiger partial charge is 0.506 e. The molecule has 1 heterocycles. The lowest BCUT2D eigenvalue weighted by Crippen LogP contribution is -2.29. The van der Waals surface area contributed by atoms with Gasteiger partial charge in [-0.25, -0.2) is 0 Å². The van der Waals surface area contributed by atoms with Crippen molar-refractivity contribution in [2.45, 2.75) is 54.4 Å². The second-order valence-electron chi connectivity index (χ2n) is 8.27. The van der Waals surface area contributed by atoms with Crippen LogP contribution in [0.25, 0.3) is 11.3 Å². The van der Waals surface area contributed by atoms with Crippen LogP contribution in [0.15, 0.2) is 24.3 Å². The average Bonchev–Trinajstić information content (AvgIpc) is 3.10. The first-order valence-corrected chi connectivity index (χ1v) is 10.1. The number of nitrogens with zero attached hydrogens (tertiary/aromatic N) is 1. The van der Waals surface area contributed by atoms with E-state index in [1.165, 1.54) is 0 Å². The van der Waals surface area contributed by atoms with Crippen LogP contribution in [0.5, 0.6) is 0 Å². The van der Waals surface area contributed by atoms with Crippen LogP contribution in [-0.2, 0) is 4.79 Å². The van der Waals surface area contributed by atoms with Crippen molar-refractivity contribution in [1.82, 2.24) is 4.90 Å². The van der Waals surface area contributed by atoms with Gasteiger partial charge in [0.2, 0.25) is 0 Å². The van der Waals surface area contributed by atoms with E-state index < -0.39 is 0 Å². The molecule has 2 aromatic rings. The fourth-order valence-electron chi connectivity index (χ4n) is 4.66. The minimum Gasteiger partial charge on any atom is -0.506 e. The van der Waals surface area contributed by atoms with Gasteiger partial charge in [0.25, 0.3) is 5.91 Å². The molecule has 1 saturated heterocycles. The maximum Gasteiger partial charge on any atom is 0.258 e. The Labute approximate surface area is 168 Å². The Morgan fingerprint density at radius 1 is 0.750 bits per heavy atom. The Hall–Kier alpha value is -2.55. The van der Waals surface area contributed by atoms with E-state index in [1.54, 1.807) is 0 Å². The third-order valence-corrected chi connectivity index (χ3v) is 5.68. The number of hydrogen-bond donors (Lipinski definition) is 1. The summed E-state index contributed by atoms with van der Waals surface area (Å²) in [4.78, 5) is 15.4. The summed E-state index contributed by atoms with van der Waals surface area (Å²) in [5, 5.41) is 11.5. The Morgan fingerprint density at radius 3 is 1.57 bits per heavy atom. The van der Waals surface area contributed by atoms with E-state index in [0.717, 1.165) is 70.4 Å². The van der Waals surface area contributed by atoms with Gasteiger partial charge in [-0.3, -0.25) is 4.79 Å². The van der Waals surface area contributed by atoms with Crippen LogP contribution in [0, 0.1) is 41.5 Å². The third kappa shape index (κ3) is 3.71. The van der Waals surface area contributed by atoms with Gasteiger partial charge in [-0.05, 0) is 82.2 Å². The topological polar surface area (TPSA) is 40.5 Å². The molecule has 1 fully saturated rings. The Kier molecular flexibility index (Phi) is 5.64. The fraction of sp³-hybridized carbons (Fsp3) is 0.400. The Bertz CT molecular complexity index is 916. The molecule has 0 aliphatic carbocycles. The fourth-order valence-corrected chi connectivity index (χ4v) is 4.66. The van der Waals surface area contributed by atoms with Crippen LogP contribution in [-0.4, -0.2) is 29.0 Å². The summed E-state index contributed by atoms with van der Waals surface area (Å²) in [6.07, 6.45) is 2.04. The molecule has 0 aromatic heterocycles. The van der Waals surface area contributed by atoms with Gasteiger partial charge in [0.1, 0.15) is 5.76 Å². The molecule has 3 rings (SSSR count). The molecule has 3 heteroatoms. The van der Waals surface area contributed by atoms with Gasteiger partial charge < -0.3 is 10.0 Å². The maximum atomic E-state index is 13.5. The van der Waals surface area contributed by atoms with Crippen molar-refractivity contribution in [3.8, 4) is 0 Å². The number of carbonyl (C=O) groups is 1. The van der Waals surface area contributed by atoms with Gasteiger partial charge in [0.05, 0.1) is 5.57 Å². The molecule has 0 radical (unpaired) electrons. The number of rotatable bonds is 3. The van der Waals surface area contributed by atoms with Crippen molar-refractivity contribution in [2.75, 3.05) is 13.1 Å². The summed E-state index contributed by atoms with van der Waals surface area (Å²) >= 11 is 0. The zero-order valence-electron chi connectivity index (χ0n) is 17.9. The summed E-state index contributed by atoms with van der Waals surface area (Å²) in [6, 6.07) is 8.29. The summed E-state index contributed by atoms with van der Waals surface area (Å²) < 4.78 is 0. The molecule has 1 amide bonds. The summed E-state index contributed by atoms with van der Waals surface area (Å²) in [7, 11) is 0. The van der Waals surface area contributed by atoms with Crippen molar-refractivity contribution < 1.29 is 9.90 Å². The quantitative estimate of drug-likeness (QED) is 0.430. The summed E-state index contributed by atoms with van der Waals surface area (Å²) in [5.41, 5.74) is 8.41. The minimum absolute atomic E-state index is 0.0653. The number of aryl methyl sites for hydroxylation is 6. The van der Waals surface area contributed by atoms with E-state index in [4.69, 9.17) is 0 Å². The SMILES string of the molecule is Cc1cc(C)c(/C(O)=C(/C(=O)N2CCCC2)c2c(C)cc(C)cc2C)c(C)c1. The number of aliphatic hydroxyl groups is 1. The van der Waals surface area contributed by atoms with Crippen molar-refractivity contribution in [3.63, 3.8) is 0 Å². The number of aliphatic hydroxyl groups excluding tert-OH is 1. The average molecular weight is 378 g/mol. The molecule has 1 N–H and O–H groups in total. The van der Waals surface area contributed by atoms with E-state index in [9.17, 15) is 9.90 Å². The summed E-state index contributed by atoms with van der Waals surface area (Å²) in [5.74, 6) is 0.0337. The van der Waals surface area contributed by atoms with Crippen LogP contribution in [0.2, 0.25) is 0 Å². The van der Waals surface area contributed by atoms with Gasteiger partial charge in [-0.15, -0.1) is 0 Å². The minimum atomic E-state index is -0.0653. The lowest BCUT2D eigenvalue weighted by atomic mass is 9.88. The van der Waals surface area contributed by atoms with E-state index in [0.29, 0.717) is 5.57 Å². The number of hydrogen-bond acceptors (Lipinski definition) is 2. The lowest BCUT2D eigenvalue weighted by Gasteiger charge is -2.23. The molecule has 3 nitrogen and oxygen atoms in total. The van der Waals surface area contributed by atoms with Gasteiger partial charge in [-0.2, -0.15) is 0 Å². The first kappa shape index (κ1) is 20.2. The predicted molar refractivity (Wildman–Crippen MR) is 117 cm³/mol. The van der Waals surface area contributed by atoms with Gasteiger partial charge in [0.15, 0.2) is 0 Å². The van der Waals surface area contributed by atoms with Crippen molar-refractivity contribution in [3.05, 3.63) is 68.8 Å². The van der Waals surface area contributed by atoms with Crippen LogP contribution >= 0.6 is 0 Å². The van der Waals surface area contributed by atoms with E-state index in [1.807, 2.05) is 32.6 Å². The molecule has 148 valence electrons. The summed E-state index contributed by atoms with van der Waals surface area (Å²) in [6.45, 7) is 13.7. The second kappa shape index (κ2) is 7.83. The number of likely N-dealkylation sites (tertiary alicyclic amines) is 1. The molecule has 0 spiro atoms.